The molecule has 0 aromatic rings. The van der Waals surface area contributed by atoms with Crippen LogP contribution in [-0.4, -0.2) is 30.2 Å². The second-order valence-electron chi connectivity index (χ2n) is 4.80. The number of nitrogens with two attached hydrogens (primary N) is 1. The number of ether oxygens (including phenoxy) is 1. The molecule has 0 spiro atoms. The molecular weight excluding hydrogens is 204 g/mol. The molecule has 94 valence electrons. The number of hydrogen-bond donors (Lipinski definition) is 2. The van der Waals surface area contributed by atoms with Crippen LogP contribution in [0.3, 0.4) is 0 Å². The Morgan fingerprint density at radius 3 is 2.50 bits per heavy atom. The van der Waals surface area contributed by atoms with Crippen molar-refractivity contribution in [1.29, 1.82) is 0 Å². The summed E-state index contributed by atoms with van der Waals surface area (Å²) in [6.07, 6.45) is 3.46. The minimum Gasteiger partial charge on any atom is -0.365 e. The summed E-state index contributed by atoms with van der Waals surface area (Å²) in [7, 11) is 0. The molecule has 1 heterocycles. The summed E-state index contributed by atoms with van der Waals surface area (Å²) in [5.41, 5.74) is 5.84. The zero-order chi connectivity index (χ0) is 12.2. The van der Waals surface area contributed by atoms with Crippen LogP contribution in [0.25, 0.3) is 0 Å². The molecule has 1 fully saturated rings. The molecule has 1 rings (SSSR count). The molecule has 0 aromatic carbocycles. The number of rotatable bonds is 5. The maximum absolute atomic E-state index is 11.8. The van der Waals surface area contributed by atoms with Gasteiger partial charge in [0.2, 0.25) is 5.91 Å². The van der Waals surface area contributed by atoms with Crippen molar-refractivity contribution in [3.63, 3.8) is 0 Å². The van der Waals surface area contributed by atoms with Crippen molar-refractivity contribution in [3.8, 4) is 0 Å². The Balaban J connectivity index is 2.35. The van der Waals surface area contributed by atoms with E-state index in [2.05, 4.69) is 5.32 Å². The fourth-order valence-electron chi connectivity index (χ4n) is 1.87. The SMILES string of the molecule is CCC(N)(CC)CNC(=O)C1CCC(C)O1. The molecule has 2 unspecified atom stereocenters. The Labute approximate surface area is 97.9 Å². The van der Waals surface area contributed by atoms with Gasteiger partial charge in [-0.2, -0.15) is 0 Å². The van der Waals surface area contributed by atoms with Gasteiger partial charge in [-0.3, -0.25) is 4.79 Å². The molecule has 4 nitrogen and oxygen atoms in total. The maximum atomic E-state index is 11.8. The van der Waals surface area contributed by atoms with Gasteiger partial charge in [-0.1, -0.05) is 13.8 Å². The summed E-state index contributed by atoms with van der Waals surface area (Å²) >= 11 is 0. The van der Waals surface area contributed by atoms with Gasteiger partial charge in [0.25, 0.3) is 0 Å². The van der Waals surface area contributed by atoms with Crippen molar-refractivity contribution < 1.29 is 9.53 Å². The highest BCUT2D eigenvalue weighted by atomic mass is 16.5. The third kappa shape index (κ3) is 3.46. The first kappa shape index (κ1) is 13.5. The summed E-state index contributed by atoms with van der Waals surface area (Å²) in [4.78, 5) is 11.8. The van der Waals surface area contributed by atoms with E-state index >= 15 is 0 Å². The third-order valence-corrected chi connectivity index (χ3v) is 3.55. The second kappa shape index (κ2) is 5.64. The zero-order valence-electron chi connectivity index (χ0n) is 10.6. The van der Waals surface area contributed by atoms with Crippen molar-refractivity contribution in [2.24, 2.45) is 5.73 Å². The van der Waals surface area contributed by atoms with Crippen molar-refractivity contribution in [2.45, 2.75) is 64.2 Å². The highest BCUT2D eigenvalue weighted by Crippen LogP contribution is 2.19. The number of nitrogens with one attached hydrogen (secondary N) is 1. The van der Waals surface area contributed by atoms with E-state index in [1.807, 2.05) is 20.8 Å². The Hall–Kier alpha value is -0.610. The maximum Gasteiger partial charge on any atom is 0.249 e. The van der Waals surface area contributed by atoms with Crippen molar-refractivity contribution in [2.75, 3.05) is 6.54 Å². The fraction of sp³-hybridized carbons (Fsp3) is 0.917. The van der Waals surface area contributed by atoms with Crippen LogP contribution in [0.2, 0.25) is 0 Å². The van der Waals surface area contributed by atoms with Crippen LogP contribution >= 0.6 is 0 Å². The Morgan fingerprint density at radius 1 is 1.44 bits per heavy atom. The predicted molar refractivity (Wildman–Crippen MR) is 64.1 cm³/mol. The lowest BCUT2D eigenvalue weighted by Crippen LogP contribution is -2.51. The first-order chi connectivity index (χ1) is 7.50. The molecule has 1 saturated heterocycles. The standard InChI is InChI=1S/C12H24N2O2/c1-4-12(13,5-2)8-14-11(15)10-7-6-9(3)16-10/h9-10H,4-8,13H2,1-3H3,(H,14,15). The Kier molecular flexibility index (Phi) is 4.74. The van der Waals surface area contributed by atoms with Gasteiger partial charge in [0.05, 0.1) is 6.10 Å². The molecule has 2 atom stereocenters. The topological polar surface area (TPSA) is 64.3 Å². The average Bonchev–Trinajstić information content (AvgIpc) is 2.72. The largest absolute Gasteiger partial charge is 0.365 e. The Bertz CT molecular complexity index is 239. The van der Waals surface area contributed by atoms with E-state index in [0.717, 1.165) is 25.7 Å². The van der Waals surface area contributed by atoms with E-state index in [4.69, 9.17) is 10.5 Å². The van der Waals surface area contributed by atoms with E-state index in [-0.39, 0.29) is 23.7 Å². The minimum absolute atomic E-state index is 0.0129. The van der Waals surface area contributed by atoms with Crippen LogP contribution in [0.1, 0.15) is 46.5 Å². The van der Waals surface area contributed by atoms with Crippen LogP contribution in [0.15, 0.2) is 0 Å². The number of amides is 1. The van der Waals surface area contributed by atoms with E-state index in [9.17, 15) is 4.79 Å². The van der Waals surface area contributed by atoms with E-state index in [0.29, 0.717) is 6.54 Å². The highest BCUT2D eigenvalue weighted by molar-refractivity contribution is 5.81. The van der Waals surface area contributed by atoms with Crippen LogP contribution in [0, 0.1) is 0 Å². The Morgan fingerprint density at radius 2 is 2.06 bits per heavy atom. The summed E-state index contributed by atoms with van der Waals surface area (Å²) in [5, 5.41) is 2.90. The minimum atomic E-state index is -0.278. The molecule has 1 amide bonds. The summed E-state index contributed by atoms with van der Waals surface area (Å²) in [6, 6.07) is 0. The molecule has 0 saturated carbocycles. The van der Waals surface area contributed by atoms with Crippen LogP contribution in [-0.2, 0) is 9.53 Å². The molecule has 1 aliphatic rings. The normalized spacial score (nSPS) is 25.8. The van der Waals surface area contributed by atoms with Gasteiger partial charge in [0.15, 0.2) is 0 Å². The third-order valence-electron chi connectivity index (χ3n) is 3.55. The lowest BCUT2D eigenvalue weighted by Gasteiger charge is -2.27. The van der Waals surface area contributed by atoms with Crippen molar-refractivity contribution in [1.82, 2.24) is 5.32 Å². The van der Waals surface area contributed by atoms with Gasteiger partial charge in [-0.15, -0.1) is 0 Å². The van der Waals surface area contributed by atoms with Gasteiger partial charge in [0.1, 0.15) is 6.10 Å². The average molecular weight is 228 g/mol. The molecule has 3 N–H and O–H groups in total. The summed E-state index contributed by atoms with van der Waals surface area (Å²) in [5.74, 6) is -0.0129. The van der Waals surface area contributed by atoms with E-state index in [1.165, 1.54) is 0 Å². The van der Waals surface area contributed by atoms with Crippen molar-refractivity contribution in [3.05, 3.63) is 0 Å². The molecule has 0 bridgehead atoms. The molecule has 0 aromatic heterocycles. The van der Waals surface area contributed by atoms with E-state index in [1.54, 1.807) is 0 Å². The summed E-state index contributed by atoms with van der Waals surface area (Å²) in [6.45, 7) is 6.62. The van der Waals surface area contributed by atoms with E-state index < -0.39 is 0 Å². The molecule has 0 radical (unpaired) electrons. The monoisotopic (exact) mass is 228 g/mol. The van der Waals surface area contributed by atoms with Crippen molar-refractivity contribution >= 4 is 5.91 Å². The van der Waals surface area contributed by atoms with Gasteiger partial charge in [-0.25, -0.2) is 0 Å². The molecule has 1 aliphatic heterocycles. The molecule has 4 heteroatoms. The quantitative estimate of drug-likeness (QED) is 0.743. The first-order valence-electron chi connectivity index (χ1n) is 6.23. The lowest BCUT2D eigenvalue weighted by atomic mass is 9.94. The van der Waals surface area contributed by atoms with Gasteiger partial charge >= 0.3 is 0 Å². The highest BCUT2D eigenvalue weighted by Gasteiger charge is 2.29. The second-order valence-corrected chi connectivity index (χ2v) is 4.80. The lowest BCUT2D eigenvalue weighted by molar-refractivity contribution is -0.132. The zero-order valence-corrected chi connectivity index (χ0v) is 10.6. The van der Waals surface area contributed by atoms with Gasteiger partial charge < -0.3 is 15.8 Å². The molecular formula is C12H24N2O2. The van der Waals surface area contributed by atoms with Crippen LogP contribution in [0.4, 0.5) is 0 Å². The smallest absolute Gasteiger partial charge is 0.249 e. The predicted octanol–water partition coefficient (Wildman–Crippen LogP) is 1.19. The molecule has 0 aliphatic carbocycles. The fourth-order valence-corrected chi connectivity index (χ4v) is 1.87. The van der Waals surface area contributed by atoms with Gasteiger partial charge in [0, 0.05) is 12.1 Å². The number of carbonyl (C=O) groups is 1. The first-order valence-corrected chi connectivity index (χ1v) is 6.23. The van der Waals surface area contributed by atoms with Crippen LogP contribution < -0.4 is 11.1 Å². The van der Waals surface area contributed by atoms with Crippen LogP contribution in [0.5, 0.6) is 0 Å². The molecule has 16 heavy (non-hydrogen) atoms. The van der Waals surface area contributed by atoms with Gasteiger partial charge in [-0.05, 0) is 32.6 Å². The number of carbonyl (C=O) groups excluding carboxylic acids is 1. The number of hydrogen-bond acceptors (Lipinski definition) is 3. The summed E-state index contributed by atoms with van der Waals surface area (Å²) < 4.78 is 5.50.